The molecule has 0 spiro atoms. The number of ether oxygens (including phenoxy) is 2. The van der Waals surface area contributed by atoms with Crippen LogP contribution in [0.25, 0.3) is 0 Å². The highest BCUT2D eigenvalue weighted by atomic mass is 16.5. The molecule has 1 heterocycles. The Kier molecular flexibility index (Phi) is 13.9. The van der Waals surface area contributed by atoms with Gasteiger partial charge < -0.3 is 9.47 Å². The van der Waals surface area contributed by atoms with Gasteiger partial charge in [0.1, 0.15) is 11.5 Å². The summed E-state index contributed by atoms with van der Waals surface area (Å²) in [5.41, 5.74) is 0.484. The van der Waals surface area contributed by atoms with E-state index in [1.54, 1.807) is 36.7 Å². The molecule has 176 valence electrons. The summed E-state index contributed by atoms with van der Waals surface area (Å²) in [6.07, 6.45) is 22.1. The fraction of sp³-hybridized carbons (Fsp3) is 0.571. The third-order valence-corrected chi connectivity index (χ3v) is 5.72. The molecule has 1 aromatic carbocycles. The first-order chi connectivity index (χ1) is 15.8. The monoisotopic (exact) mass is 439 g/mol. The van der Waals surface area contributed by atoms with E-state index >= 15 is 0 Å². The molecule has 0 aliphatic carbocycles. The van der Waals surface area contributed by atoms with Crippen molar-refractivity contribution in [1.82, 2.24) is 4.98 Å². The van der Waals surface area contributed by atoms with E-state index in [-0.39, 0.29) is 5.97 Å². The number of benzene rings is 1. The van der Waals surface area contributed by atoms with Crippen molar-refractivity contribution >= 4 is 5.97 Å². The molecule has 0 N–H and O–H groups in total. The standard InChI is InChI=1S/C28H41NO3/c1-2-3-4-5-6-7-8-9-10-11-12-13-14-15-24-31-26-16-18-27(19-17-26)32-28(30)25-20-22-29-23-21-25/h16-23H,2-15,24H2,1H3. The van der Waals surface area contributed by atoms with Gasteiger partial charge in [0, 0.05) is 12.4 Å². The number of pyridine rings is 1. The molecule has 4 nitrogen and oxygen atoms in total. The van der Waals surface area contributed by atoms with Crippen LogP contribution < -0.4 is 9.47 Å². The number of aromatic nitrogens is 1. The maximum Gasteiger partial charge on any atom is 0.343 e. The van der Waals surface area contributed by atoms with Crippen molar-refractivity contribution in [3.8, 4) is 11.5 Å². The molecule has 0 amide bonds. The maximum absolute atomic E-state index is 12.0. The molecule has 0 radical (unpaired) electrons. The maximum atomic E-state index is 12.0. The number of hydrogen-bond donors (Lipinski definition) is 0. The van der Waals surface area contributed by atoms with Crippen LogP contribution in [0.2, 0.25) is 0 Å². The largest absolute Gasteiger partial charge is 0.494 e. The third kappa shape index (κ3) is 11.9. The Hall–Kier alpha value is -2.36. The van der Waals surface area contributed by atoms with Gasteiger partial charge in [0.05, 0.1) is 12.2 Å². The van der Waals surface area contributed by atoms with Crippen molar-refractivity contribution in [2.75, 3.05) is 6.61 Å². The number of esters is 1. The van der Waals surface area contributed by atoms with Gasteiger partial charge in [0.15, 0.2) is 0 Å². The SMILES string of the molecule is CCCCCCCCCCCCCCCCOc1ccc(OC(=O)c2ccncc2)cc1. The van der Waals surface area contributed by atoms with Crippen LogP contribution in [0.5, 0.6) is 11.5 Å². The average Bonchev–Trinajstić information content (AvgIpc) is 2.83. The van der Waals surface area contributed by atoms with Gasteiger partial charge in [-0.3, -0.25) is 4.98 Å². The Labute approximate surface area is 194 Å². The summed E-state index contributed by atoms with van der Waals surface area (Å²) in [6, 6.07) is 10.5. The molecule has 0 unspecified atom stereocenters. The van der Waals surface area contributed by atoms with E-state index in [1.807, 2.05) is 12.1 Å². The Balaban J connectivity index is 1.42. The van der Waals surface area contributed by atoms with Gasteiger partial charge in [-0.1, -0.05) is 90.4 Å². The highest BCUT2D eigenvalue weighted by Gasteiger charge is 2.08. The molecule has 32 heavy (non-hydrogen) atoms. The van der Waals surface area contributed by atoms with Crippen LogP contribution in [0, 0.1) is 0 Å². The summed E-state index contributed by atoms with van der Waals surface area (Å²) in [7, 11) is 0. The Morgan fingerprint density at radius 1 is 0.656 bits per heavy atom. The predicted molar refractivity (Wildman–Crippen MR) is 131 cm³/mol. The molecule has 2 aromatic rings. The van der Waals surface area contributed by atoms with Crippen molar-refractivity contribution in [2.45, 2.75) is 96.8 Å². The molecule has 0 saturated carbocycles. The van der Waals surface area contributed by atoms with Crippen LogP contribution >= 0.6 is 0 Å². The topological polar surface area (TPSA) is 48.4 Å². The van der Waals surface area contributed by atoms with Crippen molar-refractivity contribution < 1.29 is 14.3 Å². The van der Waals surface area contributed by atoms with Gasteiger partial charge in [-0.25, -0.2) is 4.79 Å². The molecule has 0 bridgehead atoms. The van der Waals surface area contributed by atoms with Gasteiger partial charge in [-0.15, -0.1) is 0 Å². The van der Waals surface area contributed by atoms with Crippen molar-refractivity contribution in [1.29, 1.82) is 0 Å². The lowest BCUT2D eigenvalue weighted by Crippen LogP contribution is -2.08. The summed E-state index contributed by atoms with van der Waals surface area (Å²) < 4.78 is 11.2. The smallest absolute Gasteiger partial charge is 0.343 e. The molecule has 0 aliphatic rings. The van der Waals surface area contributed by atoms with Gasteiger partial charge in [-0.05, 0) is 42.8 Å². The molecule has 2 rings (SSSR count). The number of carbonyl (C=O) groups is 1. The van der Waals surface area contributed by atoms with Crippen LogP contribution in [-0.4, -0.2) is 17.6 Å². The van der Waals surface area contributed by atoms with Crippen LogP contribution in [0.3, 0.4) is 0 Å². The highest BCUT2D eigenvalue weighted by molar-refractivity contribution is 5.90. The molecule has 0 atom stereocenters. The molecule has 4 heteroatoms. The van der Waals surface area contributed by atoms with Gasteiger partial charge in [0.2, 0.25) is 0 Å². The predicted octanol–water partition coefficient (Wildman–Crippen LogP) is 8.16. The molecule has 1 aromatic heterocycles. The molecular formula is C28H41NO3. The van der Waals surface area contributed by atoms with E-state index < -0.39 is 0 Å². The van der Waals surface area contributed by atoms with E-state index in [9.17, 15) is 4.79 Å². The lowest BCUT2D eigenvalue weighted by molar-refractivity contribution is 0.0734. The Morgan fingerprint density at radius 3 is 1.66 bits per heavy atom. The van der Waals surface area contributed by atoms with Crippen LogP contribution in [-0.2, 0) is 0 Å². The fourth-order valence-corrected chi connectivity index (χ4v) is 3.74. The third-order valence-electron chi connectivity index (χ3n) is 5.72. The van der Waals surface area contributed by atoms with Crippen molar-refractivity contribution in [3.05, 3.63) is 54.4 Å². The normalized spacial score (nSPS) is 10.8. The van der Waals surface area contributed by atoms with E-state index in [2.05, 4.69) is 11.9 Å². The molecule has 0 saturated heterocycles. The minimum atomic E-state index is -0.386. The number of carbonyl (C=O) groups excluding carboxylic acids is 1. The quantitative estimate of drug-likeness (QED) is 0.133. The number of nitrogens with zero attached hydrogens (tertiary/aromatic N) is 1. The molecule has 0 fully saturated rings. The van der Waals surface area contributed by atoms with E-state index in [1.165, 1.54) is 83.5 Å². The zero-order valence-electron chi connectivity index (χ0n) is 19.9. The lowest BCUT2D eigenvalue weighted by atomic mass is 10.0. The van der Waals surface area contributed by atoms with Gasteiger partial charge >= 0.3 is 5.97 Å². The first kappa shape index (κ1) is 25.9. The summed E-state index contributed by atoms with van der Waals surface area (Å²) in [5.74, 6) is 0.933. The van der Waals surface area contributed by atoms with Crippen LogP contribution in [0.1, 0.15) is 107 Å². The fourth-order valence-electron chi connectivity index (χ4n) is 3.74. The van der Waals surface area contributed by atoms with Gasteiger partial charge in [-0.2, -0.15) is 0 Å². The number of hydrogen-bond acceptors (Lipinski definition) is 4. The van der Waals surface area contributed by atoms with E-state index in [0.29, 0.717) is 11.3 Å². The van der Waals surface area contributed by atoms with E-state index in [0.717, 1.165) is 18.8 Å². The lowest BCUT2D eigenvalue weighted by Gasteiger charge is -2.08. The second kappa shape index (κ2) is 17.2. The minimum absolute atomic E-state index is 0.386. The number of rotatable bonds is 18. The second-order valence-corrected chi connectivity index (χ2v) is 8.54. The molecular weight excluding hydrogens is 398 g/mol. The zero-order valence-corrected chi connectivity index (χ0v) is 19.9. The van der Waals surface area contributed by atoms with Gasteiger partial charge in [0.25, 0.3) is 0 Å². The van der Waals surface area contributed by atoms with Crippen molar-refractivity contribution in [3.63, 3.8) is 0 Å². The summed E-state index contributed by atoms with van der Waals surface area (Å²) in [4.78, 5) is 15.9. The second-order valence-electron chi connectivity index (χ2n) is 8.54. The van der Waals surface area contributed by atoms with Crippen molar-refractivity contribution in [2.24, 2.45) is 0 Å². The highest BCUT2D eigenvalue weighted by Crippen LogP contribution is 2.19. The zero-order chi connectivity index (χ0) is 22.7. The first-order valence-electron chi connectivity index (χ1n) is 12.6. The summed E-state index contributed by atoms with van der Waals surface area (Å²) in [6.45, 7) is 3.01. The Bertz CT molecular complexity index is 715. The van der Waals surface area contributed by atoms with Crippen LogP contribution in [0.15, 0.2) is 48.8 Å². The van der Waals surface area contributed by atoms with Crippen LogP contribution in [0.4, 0.5) is 0 Å². The van der Waals surface area contributed by atoms with E-state index in [4.69, 9.17) is 9.47 Å². The number of unbranched alkanes of at least 4 members (excludes halogenated alkanes) is 13. The Morgan fingerprint density at radius 2 is 1.12 bits per heavy atom. The summed E-state index contributed by atoms with van der Waals surface area (Å²) in [5, 5.41) is 0. The molecule has 0 aliphatic heterocycles. The summed E-state index contributed by atoms with van der Waals surface area (Å²) >= 11 is 0. The average molecular weight is 440 g/mol. The first-order valence-corrected chi connectivity index (χ1v) is 12.6. The minimum Gasteiger partial charge on any atom is -0.494 e.